The Morgan fingerprint density at radius 1 is 1.03 bits per heavy atom. The molecule has 0 saturated heterocycles. The van der Waals surface area contributed by atoms with E-state index in [-0.39, 0.29) is 16.7 Å². The van der Waals surface area contributed by atoms with Gasteiger partial charge in [0.25, 0.3) is 0 Å². The topological polar surface area (TPSA) is 74.6 Å². The lowest BCUT2D eigenvalue weighted by molar-refractivity contribution is -0.142. The predicted octanol–water partition coefficient (Wildman–Crippen LogP) is 5.99. The number of ether oxygens (including phenoxy) is 3. The fourth-order valence-electron chi connectivity index (χ4n) is 3.18. The summed E-state index contributed by atoms with van der Waals surface area (Å²) in [6.45, 7) is 6.23. The van der Waals surface area contributed by atoms with E-state index in [1.807, 2.05) is 32.0 Å². The van der Waals surface area contributed by atoms with E-state index in [0.717, 1.165) is 10.2 Å². The van der Waals surface area contributed by atoms with Crippen molar-refractivity contribution in [1.82, 2.24) is 9.78 Å². The minimum Gasteiger partial charge on any atom is -0.490 e. The van der Waals surface area contributed by atoms with Gasteiger partial charge >= 0.3 is 6.18 Å². The summed E-state index contributed by atoms with van der Waals surface area (Å²) in [5.74, 6) is 1.39. The van der Waals surface area contributed by atoms with E-state index in [0.29, 0.717) is 42.8 Å². The number of nitrogens with zero attached hydrogens (tertiary/aromatic N) is 2. The van der Waals surface area contributed by atoms with Crippen LogP contribution in [0.15, 0.2) is 46.9 Å². The third-order valence-electron chi connectivity index (χ3n) is 4.85. The highest BCUT2D eigenvalue weighted by atomic mass is 79.9. The number of aromatic nitrogens is 2. The summed E-state index contributed by atoms with van der Waals surface area (Å²) < 4.78 is 56.8. The van der Waals surface area contributed by atoms with Crippen molar-refractivity contribution in [1.29, 1.82) is 0 Å². The summed E-state index contributed by atoms with van der Waals surface area (Å²) in [6.07, 6.45) is -4.61. The second-order valence-electron chi connectivity index (χ2n) is 7.41. The maximum Gasteiger partial charge on any atom is 0.436 e. The molecule has 0 bridgehead atoms. The lowest BCUT2D eigenvalue weighted by Crippen LogP contribution is -2.20. The molecule has 3 rings (SSSR count). The van der Waals surface area contributed by atoms with Crippen molar-refractivity contribution in [3.8, 4) is 17.2 Å². The van der Waals surface area contributed by atoms with Crippen LogP contribution in [0.5, 0.6) is 17.2 Å². The molecule has 0 fully saturated rings. The van der Waals surface area contributed by atoms with E-state index >= 15 is 0 Å². The Balaban J connectivity index is 1.58. The lowest BCUT2D eigenvalue weighted by atomic mass is 10.2. The van der Waals surface area contributed by atoms with Gasteiger partial charge in [-0.25, -0.2) is 0 Å². The highest BCUT2D eigenvalue weighted by Gasteiger charge is 2.38. The fraction of sp³-hybridized carbons (Fsp3) is 0.333. The van der Waals surface area contributed by atoms with Crippen molar-refractivity contribution < 1.29 is 32.2 Å². The molecule has 3 aromatic rings. The number of carbonyl (C=O) groups excluding carboxylic acids is 1. The minimum atomic E-state index is -4.61. The lowest BCUT2D eigenvalue weighted by Gasteiger charge is -2.13. The van der Waals surface area contributed by atoms with Gasteiger partial charge in [0.2, 0.25) is 5.91 Å². The Hall–Kier alpha value is -3.21. The SMILES string of the molecule is CCOc1ccc(COc2ccc(NC(=O)Cn3nc(C(F)(F)F)c(Br)c3C)cc2)cc1OCC. The summed E-state index contributed by atoms with van der Waals surface area (Å²) in [6, 6.07) is 12.2. The summed E-state index contributed by atoms with van der Waals surface area (Å²) in [5, 5.41) is 6.15. The van der Waals surface area contributed by atoms with Crippen molar-refractivity contribution >= 4 is 27.5 Å². The second-order valence-corrected chi connectivity index (χ2v) is 8.20. The van der Waals surface area contributed by atoms with Crippen LogP contribution in [-0.4, -0.2) is 28.9 Å². The molecule has 0 radical (unpaired) electrons. The van der Waals surface area contributed by atoms with Gasteiger partial charge in [0, 0.05) is 5.69 Å². The average Bonchev–Trinajstić information content (AvgIpc) is 3.09. The highest BCUT2D eigenvalue weighted by molar-refractivity contribution is 9.10. The van der Waals surface area contributed by atoms with E-state index in [1.165, 1.54) is 6.92 Å². The first kappa shape index (κ1) is 26.4. The van der Waals surface area contributed by atoms with Gasteiger partial charge in [-0.3, -0.25) is 9.48 Å². The van der Waals surface area contributed by atoms with Gasteiger partial charge in [-0.2, -0.15) is 18.3 Å². The molecular weight excluding hydrogens is 531 g/mol. The molecular formula is C24H25BrF3N3O4. The van der Waals surface area contributed by atoms with Gasteiger partial charge in [-0.1, -0.05) is 6.07 Å². The number of rotatable bonds is 10. The number of nitrogens with one attached hydrogen (secondary N) is 1. The Morgan fingerprint density at radius 3 is 2.29 bits per heavy atom. The molecule has 1 N–H and O–H groups in total. The van der Waals surface area contributed by atoms with Crippen LogP contribution in [0.4, 0.5) is 18.9 Å². The monoisotopic (exact) mass is 555 g/mol. The Morgan fingerprint density at radius 2 is 1.69 bits per heavy atom. The van der Waals surface area contributed by atoms with E-state index in [9.17, 15) is 18.0 Å². The number of anilines is 1. The number of carbonyl (C=O) groups is 1. The van der Waals surface area contributed by atoms with Gasteiger partial charge in [-0.05, 0) is 78.7 Å². The quantitative estimate of drug-likeness (QED) is 0.332. The van der Waals surface area contributed by atoms with Crippen molar-refractivity contribution in [2.75, 3.05) is 18.5 Å². The zero-order valence-corrected chi connectivity index (χ0v) is 21.0. The van der Waals surface area contributed by atoms with Crippen LogP contribution in [0, 0.1) is 6.92 Å². The van der Waals surface area contributed by atoms with Crippen LogP contribution in [-0.2, 0) is 24.1 Å². The second kappa shape index (κ2) is 11.5. The van der Waals surface area contributed by atoms with E-state index in [1.54, 1.807) is 24.3 Å². The number of hydrogen-bond donors (Lipinski definition) is 1. The van der Waals surface area contributed by atoms with Crippen molar-refractivity contribution in [2.45, 2.75) is 40.1 Å². The van der Waals surface area contributed by atoms with Crippen LogP contribution in [0.3, 0.4) is 0 Å². The Kier molecular flexibility index (Phi) is 8.66. The van der Waals surface area contributed by atoms with Gasteiger partial charge in [0.15, 0.2) is 17.2 Å². The number of benzene rings is 2. The molecule has 1 heterocycles. The maximum absolute atomic E-state index is 13.0. The van der Waals surface area contributed by atoms with Crippen LogP contribution < -0.4 is 19.5 Å². The molecule has 11 heteroatoms. The van der Waals surface area contributed by atoms with Crippen LogP contribution >= 0.6 is 15.9 Å². The largest absolute Gasteiger partial charge is 0.490 e. The van der Waals surface area contributed by atoms with Gasteiger partial charge in [0.1, 0.15) is 18.9 Å². The summed E-state index contributed by atoms with van der Waals surface area (Å²) in [5.41, 5.74) is 0.512. The molecule has 0 aliphatic carbocycles. The molecule has 1 aromatic heterocycles. The zero-order valence-electron chi connectivity index (χ0n) is 19.4. The van der Waals surface area contributed by atoms with E-state index < -0.39 is 17.8 Å². The highest BCUT2D eigenvalue weighted by Crippen LogP contribution is 2.35. The number of alkyl halides is 3. The standard InChI is InChI=1S/C24H25BrF3N3O4/c1-4-33-19-11-6-16(12-20(19)34-5-2)14-35-18-9-7-17(8-10-18)29-21(32)13-31-15(3)22(25)23(30-31)24(26,27)28/h6-12H,4-5,13-14H2,1-3H3,(H,29,32). The van der Waals surface area contributed by atoms with Crippen molar-refractivity contribution in [3.05, 3.63) is 63.9 Å². The summed E-state index contributed by atoms with van der Waals surface area (Å²) in [7, 11) is 0. The van der Waals surface area contributed by atoms with Crippen molar-refractivity contribution in [3.63, 3.8) is 0 Å². The molecule has 0 aliphatic heterocycles. The van der Waals surface area contributed by atoms with E-state index in [2.05, 4.69) is 26.3 Å². The normalized spacial score (nSPS) is 11.3. The van der Waals surface area contributed by atoms with Crippen LogP contribution in [0.2, 0.25) is 0 Å². The Labute approximate surface area is 209 Å². The first-order chi connectivity index (χ1) is 16.6. The molecule has 0 saturated carbocycles. The number of halogens is 4. The third kappa shape index (κ3) is 6.91. The predicted molar refractivity (Wildman–Crippen MR) is 128 cm³/mol. The molecule has 0 aliphatic rings. The van der Waals surface area contributed by atoms with Gasteiger partial charge in [-0.15, -0.1) is 0 Å². The minimum absolute atomic E-state index is 0.180. The summed E-state index contributed by atoms with van der Waals surface area (Å²) >= 11 is 2.89. The molecule has 0 spiro atoms. The molecule has 188 valence electrons. The van der Waals surface area contributed by atoms with E-state index in [4.69, 9.17) is 14.2 Å². The third-order valence-corrected chi connectivity index (χ3v) is 5.80. The first-order valence-electron chi connectivity index (χ1n) is 10.8. The van der Waals surface area contributed by atoms with Crippen molar-refractivity contribution in [2.24, 2.45) is 0 Å². The zero-order chi connectivity index (χ0) is 25.6. The van der Waals surface area contributed by atoms with Gasteiger partial charge in [0.05, 0.1) is 23.4 Å². The smallest absolute Gasteiger partial charge is 0.436 e. The molecule has 2 aromatic carbocycles. The number of amides is 1. The average molecular weight is 556 g/mol. The molecule has 35 heavy (non-hydrogen) atoms. The molecule has 0 unspecified atom stereocenters. The Bertz CT molecular complexity index is 1160. The maximum atomic E-state index is 13.0. The summed E-state index contributed by atoms with van der Waals surface area (Å²) in [4.78, 5) is 12.3. The number of hydrogen-bond acceptors (Lipinski definition) is 5. The van der Waals surface area contributed by atoms with Gasteiger partial charge < -0.3 is 19.5 Å². The molecule has 0 atom stereocenters. The van der Waals surface area contributed by atoms with Crippen LogP contribution in [0.1, 0.15) is 30.8 Å². The first-order valence-corrected chi connectivity index (χ1v) is 11.6. The fourth-order valence-corrected chi connectivity index (χ4v) is 3.69. The molecule has 1 amide bonds. The molecule has 7 nitrogen and oxygen atoms in total. The van der Waals surface area contributed by atoms with Crippen LogP contribution in [0.25, 0.3) is 0 Å².